The molecule has 1 N–H and O–H groups in total. The molecular formula is C33H52O3S. The number of phenolic OH excluding ortho intramolecular Hbond substituents is 1. The second kappa shape index (κ2) is 13.8. The van der Waals surface area contributed by atoms with Crippen LogP contribution in [0.3, 0.4) is 0 Å². The predicted molar refractivity (Wildman–Crippen MR) is 156 cm³/mol. The fourth-order valence-electron chi connectivity index (χ4n) is 8.25. The third kappa shape index (κ3) is 7.08. The van der Waals surface area contributed by atoms with Gasteiger partial charge in [0.15, 0.2) is 0 Å². The van der Waals surface area contributed by atoms with Crippen LogP contribution in [0.15, 0.2) is 18.2 Å². The maximum Gasteiger partial charge on any atom is 0.302 e. The molecule has 37 heavy (non-hydrogen) atoms. The number of hydrogen-bond acceptors (Lipinski definition) is 4. The number of ether oxygens (including phenoxy) is 1. The zero-order valence-corrected chi connectivity index (χ0v) is 24.6. The minimum Gasteiger partial charge on any atom is -0.508 e. The molecule has 0 aliphatic heterocycles. The Morgan fingerprint density at radius 2 is 1.76 bits per heavy atom. The lowest BCUT2D eigenvalue weighted by atomic mass is 9.52. The molecule has 0 bridgehead atoms. The number of benzene rings is 1. The molecule has 4 rings (SSSR count). The summed E-state index contributed by atoms with van der Waals surface area (Å²) in [6.07, 6.45) is 19.3. The Kier molecular flexibility index (Phi) is 10.7. The zero-order valence-electron chi connectivity index (χ0n) is 23.8. The summed E-state index contributed by atoms with van der Waals surface area (Å²) < 4.78 is 5.89. The second-order valence-electron chi connectivity index (χ2n) is 12.6. The van der Waals surface area contributed by atoms with Crippen LogP contribution in [0.25, 0.3) is 0 Å². The van der Waals surface area contributed by atoms with Gasteiger partial charge in [-0.2, -0.15) is 11.8 Å². The third-order valence-electron chi connectivity index (χ3n) is 10.1. The Morgan fingerprint density at radius 3 is 2.51 bits per heavy atom. The molecule has 0 aromatic heterocycles. The molecule has 2 fully saturated rings. The van der Waals surface area contributed by atoms with Gasteiger partial charge in [-0.25, -0.2) is 0 Å². The molecule has 3 aliphatic carbocycles. The van der Waals surface area contributed by atoms with Crippen LogP contribution < -0.4 is 0 Å². The lowest BCUT2D eigenvalue weighted by molar-refractivity contribution is -0.155. The Labute approximate surface area is 230 Å². The fraction of sp³-hybridized carbons (Fsp3) is 0.788. The number of hydrogen-bond donors (Lipinski definition) is 1. The summed E-state index contributed by atoms with van der Waals surface area (Å²) in [6, 6.07) is 6.15. The molecule has 1 aromatic rings. The first kappa shape index (κ1) is 28.8. The number of phenols is 1. The van der Waals surface area contributed by atoms with E-state index in [0.29, 0.717) is 29.4 Å². The summed E-state index contributed by atoms with van der Waals surface area (Å²) in [5.74, 6) is 5.58. The van der Waals surface area contributed by atoms with Gasteiger partial charge in [0.1, 0.15) is 11.9 Å². The normalized spacial score (nSPS) is 30.4. The van der Waals surface area contributed by atoms with E-state index in [1.165, 1.54) is 99.7 Å². The third-order valence-corrected chi connectivity index (χ3v) is 11.3. The molecule has 6 atom stereocenters. The molecule has 2 saturated carbocycles. The van der Waals surface area contributed by atoms with Gasteiger partial charge in [0.25, 0.3) is 0 Å². The highest BCUT2D eigenvalue weighted by Crippen LogP contribution is 2.63. The maximum atomic E-state index is 11.9. The maximum absolute atomic E-state index is 11.9. The summed E-state index contributed by atoms with van der Waals surface area (Å²) in [6.45, 7) is 6.26. The van der Waals surface area contributed by atoms with Gasteiger partial charge in [0.05, 0.1) is 0 Å². The van der Waals surface area contributed by atoms with E-state index >= 15 is 0 Å². The van der Waals surface area contributed by atoms with Gasteiger partial charge in [-0.1, -0.05) is 64.9 Å². The molecule has 0 radical (unpaired) electrons. The predicted octanol–water partition coefficient (Wildman–Crippen LogP) is 9.06. The highest BCUT2D eigenvalue weighted by atomic mass is 32.2. The van der Waals surface area contributed by atoms with E-state index in [1.54, 1.807) is 6.92 Å². The van der Waals surface area contributed by atoms with Crippen LogP contribution in [-0.2, 0) is 16.0 Å². The summed E-state index contributed by atoms with van der Waals surface area (Å²) in [7, 11) is 0. The van der Waals surface area contributed by atoms with E-state index in [4.69, 9.17) is 4.74 Å². The van der Waals surface area contributed by atoms with E-state index < -0.39 is 0 Å². The SMILES string of the molecule is CCCCSCCCCCCCCC[C@@H]1Cc2cc(O)ccc2C2CC[C@@]3(C)C(CC[C@@H]3OC(C)=O)C21. The molecule has 0 spiro atoms. The molecule has 0 amide bonds. The van der Waals surface area contributed by atoms with Crippen molar-refractivity contribution < 1.29 is 14.6 Å². The smallest absolute Gasteiger partial charge is 0.302 e. The van der Waals surface area contributed by atoms with Crippen molar-refractivity contribution in [3.05, 3.63) is 29.3 Å². The molecule has 3 unspecified atom stereocenters. The fourth-order valence-corrected chi connectivity index (χ4v) is 9.35. The van der Waals surface area contributed by atoms with Crippen molar-refractivity contribution in [1.82, 2.24) is 0 Å². The van der Waals surface area contributed by atoms with Gasteiger partial charge < -0.3 is 9.84 Å². The van der Waals surface area contributed by atoms with E-state index in [1.807, 2.05) is 12.1 Å². The average molecular weight is 529 g/mol. The minimum absolute atomic E-state index is 0.0860. The summed E-state index contributed by atoms with van der Waals surface area (Å²) in [5, 5.41) is 10.2. The van der Waals surface area contributed by atoms with Crippen molar-refractivity contribution in [2.45, 2.75) is 129 Å². The summed E-state index contributed by atoms with van der Waals surface area (Å²) >= 11 is 2.14. The lowest BCUT2D eigenvalue weighted by Crippen LogP contribution is -2.48. The van der Waals surface area contributed by atoms with Crippen LogP contribution >= 0.6 is 11.8 Å². The Balaban J connectivity index is 1.31. The van der Waals surface area contributed by atoms with Crippen LogP contribution in [-0.4, -0.2) is 28.7 Å². The average Bonchev–Trinajstić information content (AvgIpc) is 3.19. The van der Waals surface area contributed by atoms with Crippen molar-refractivity contribution in [1.29, 1.82) is 0 Å². The standard InChI is InChI=1S/C33H52O3S/c1-4-5-20-37-21-12-10-8-6-7-9-11-13-25-22-26-23-27(35)14-15-28(26)29-18-19-33(3)30(32(25)29)16-17-31(33)36-24(2)34/h14-15,23,25,29-32,35H,4-13,16-22H2,1-3H3/t25-,29?,30?,31+,32?,33+/m1/s1. The van der Waals surface area contributed by atoms with Gasteiger partial charge >= 0.3 is 5.97 Å². The Hall–Kier alpha value is -1.16. The number of esters is 1. The van der Waals surface area contributed by atoms with Crippen molar-refractivity contribution in [3.63, 3.8) is 0 Å². The van der Waals surface area contributed by atoms with E-state index in [-0.39, 0.29) is 17.5 Å². The number of rotatable bonds is 14. The quantitative estimate of drug-likeness (QED) is 0.193. The van der Waals surface area contributed by atoms with Gasteiger partial charge in [0.2, 0.25) is 0 Å². The second-order valence-corrected chi connectivity index (χ2v) is 13.8. The molecule has 4 heteroatoms. The number of carbonyl (C=O) groups is 1. The van der Waals surface area contributed by atoms with Crippen LogP contribution in [0.5, 0.6) is 5.75 Å². The molecule has 0 heterocycles. The monoisotopic (exact) mass is 528 g/mol. The summed E-state index contributed by atoms with van der Waals surface area (Å²) in [5.41, 5.74) is 3.00. The lowest BCUT2D eigenvalue weighted by Gasteiger charge is -2.53. The summed E-state index contributed by atoms with van der Waals surface area (Å²) in [4.78, 5) is 11.9. The van der Waals surface area contributed by atoms with Gasteiger partial charge in [0, 0.05) is 12.3 Å². The first-order chi connectivity index (χ1) is 17.9. The largest absolute Gasteiger partial charge is 0.508 e. The van der Waals surface area contributed by atoms with Crippen molar-refractivity contribution in [3.8, 4) is 5.75 Å². The number of aromatic hydroxyl groups is 1. The van der Waals surface area contributed by atoms with Gasteiger partial charge in [-0.3, -0.25) is 4.79 Å². The zero-order chi connectivity index (χ0) is 26.3. The van der Waals surface area contributed by atoms with Gasteiger partial charge in [-0.15, -0.1) is 0 Å². The highest BCUT2D eigenvalue weighted by molar-refractivity contribution is 7.99. The van der Waals surface area contributed by atoms with E-state index in [9.17, 15) is 9.90 Å². The molecular weight excluding hydrogens is 476 g/mol. The number of thioether (sulfide) groups is 1. The number of unbranched alkanes of at least 4 members (excludes halogenated alkanes) is 7. The molecule has 208 valence electrons. The first-order valence-electron chi connectivity index (χ1n) is 15.5. The topological polar surface area (TPSA) is 46.5 Å². The number of carbonyl (C=O) groups excluding carboxylic acids is 1. The van der Waals surface area contributed by atoms with Crippen LogP contribution in [0.4, 0.5) is 0 Å². The van der Waals surface area contributed by atoms with Crippen molar-refractivity contribution in [2.24, 2.45) is 23.2 Å². The molecule has 3 nitrogen and oxygen atoms in total. The van der Waals surface area contributed by atoms with Crippen molar-refractivity contribution >= 4 is 17.7 Å². The molecule has 0 saturated heterocycles. The first-order valence-corrected chi connectivity index (χ1v) is 16.7. The Bertz CT molecular complexity index is 869. The highest BCUT2D eigenvalue weighted by Gasteiger charge is 2.57. The van der Waals surface area contributed by atoms with Crippen LogP contribution in [0.1, 0.15) is 128 Å². The van der Waals surface area contributed by atoms with E-state index in [2.05, 4.69) is 31.7 Å². The van der Waals surface area contributed by atoms with Gasteiger partial charge in [-0.05, 0) is 110 Å². The van der Waals surface area contributed by atoms with E-state index in [0.717, 1.165) is 19.3 Å². The molecule has 1 aromatic carbocycles. The van der Waals surface area contributed by atoms with Crippen LogP contribution in [0.2, 0.25) is 0 Å². The Morgan fingerprint density at radius 1 is 1.03 bits per heavy atom. The van der Waals surface area contributed by atoms with Crippen LogP contribution in [0, 0.1) is 23.2 Å². The molecule has 3 aliphatic rings. The number of fused-ring (bicyclic) bond motifs is 5. The minimum atomic E-state index is -0.120. The van der Waals surface area contributed by atoms with Crippen molar-refractivity contribution in [2.75, 3.05) is 11.5 Å².